The molecule has 0 saturated heterocycles. The van der Waals surface area contributed by atoms with Crippen molar-refractivity contribution >= 4 is 19.7 Å². The van der Waals surface area contributed by atoms with Crippen LogP contribution in [0.4, 0.5) is 0 Å². The quantitative estimate of drug-likeness (QED) is 0.599. The van der Waals surface area contributed by atoms with Crippen LogP contribution in [0.2, 0.25) is 0 Å². The summed E-state index contributed by atoms with van der Waals surface area (Å²) in [6, 6.07) is 3.08. The fourth-order valence-electron chi connectivity index (χ4n) is 1.63. The van der Waals surface area contributed by atoms with Crippen LogP contribution in [0.15, 0.2) is 17.0 Å². The Hall–Kier alpha value is -0.780. The van der Waals surface area contributed by atoms with Crippen LogP contribution in [-0.2, 0) is 13.8 Å². The highest BCUT2D eigenvalue weighted by Crippen LogP contribution is 2.28. The van der Waals surface area contributed by atoms with E-state index in [2.05, 4.69) is 0 Å². The van der Waals surface area contributed by atoms with Crippen molar-refractivity contribution in [2.45, 2.75) is 38.7 Å². The van der Waals surface area contributed by atoms with Crippen LogP contribution in [0, 0.1) is 13.8 Å². The Kier molecular flexibility index (Phi) is 5.64. The van der Waals surface area contributed by atoms with Gasteiger partial charge < -0.3 is 9.47 Å². The average molecular weight is 307 g/mol. The predicted molar refractivity (Wildman–Crippen MR) is 75.5 cm³/mol. The Balaban J connectivity index is 2.80. The first-order chi connectivity index (χ1) is 8.73. The van der Waals surface area contributed by atoms with E-state index in [0.29, 0.717) is 24.5 Å². The molecule has 0 spiro atoms. The van der Waals surface area contributed by atoms with Crippen molar-refractivity contribution in [1.82, 2.24) is 0 Å². The maximum Gasteiger partial charge on any atom is 0.261 e. The van der Waals surface area contributed by atoms with Crippen molar-refractivity contribution in [2.75, 3.05) is 13.2 Å². The lowest BCUT2D eigenvalue weighted by Crippen LogP contribution is -2.12. The Bertz CT molecular complexity index is 538. The van der Waals surface area contributed by atoms with Crippen LogP contribution in [-0.4, -0.2) is 27.7 Å². The molecular formula is C13H19ClO4S. The third-order valence-corrected chi connectivity index (χ3v) is 4.21. The molecule has 0 unspecified atom stereocenters. The summed E-state index contributed by atoms with van der Waals surface area (Å²) >= 11 is 0. The summed E-state index contributed by atoms with van der Waals surface area (Å²) in [4.78, 5) is 0.123. The summed E-state index contributed by atoms with van der Waals surface area (Å²) in [5, 5.41) is 0. The number of rotatable bonds is 6. The molecule has 0 amide bonds. The molecule has 1 aromatic rings. The van der Waals surface area contributed by atoms with Crippen molar-refractivity contribution in [3.8, 4) is 5.75 Å². The Morgan fingerprint density at radius 3 is 2.32 bits per heavy atom. The molecule has 0 fully saturated rings. The number of hydrogen-bond acceptors (Lipinski definition) is 4. The Morgan fingerprint density at radius 2 is 1.79 bits per heavy atom. The first kappa shape index (κ1) is 16.3. The van der Waals surface area contributed by atoms with Crippen LogP contribution >= 0.6 is 10.7 Å². The molecule has 0 heterocycles. The van der Waals surface area contributed by atoms with Gasteiger partial charge in [-0.05, 0) is 51.0 Å². The van der Waals surface area contributed by atoms with Crippen LogP contribution in [0.1, 0.15) is 25.0 Å². The van der Waals surface area contributed by atoms with E-state index in [9.17, 15) is 8.42 Å². The van der Waals surface area contributed by atoms with E-state index in [1.165, 1.54) is 6.07 Å². The van der Waals surface area contributed by atoms with Crippen LogP contribution in [0.25, 0.3) is 0 Å². The molecule has 0 bridgehead atoms. The Labute approximate surface area is 119 Å². The van der Waals surface area contributed by atoms with Crippen molar-refractivity contribution in [3.05, 3.63) is 23.3 Å². The van der Waals surface area contributed by atoms with Gasteiger partial charge >= 0.3 is 0 Å². The summed E-state index contributed by atoms with van der Waals surface area (Å²) in [5.41, 5.74) is 1.38. The smallest absolute Gasteiger partial charge is 0.261 e. The second-order valence-corrected chi connectivity index (χ2v) is 7.05. The number of benzene rings is 1. The lowest BCUT2D eigenvalue weighted by molar-refractivity contribution is 0.0551. The average Bonchev–Trinajstić information content (AvgIpc) is 2.27. The van der Waals surface area contributed by atoms with Crippen molar-refractivity contribution in [1.29, 1.82) is 0 Å². The third kappa shape index (κ3) is 4.67. The lowest BCUT2D eigenvalue weighted by Gasteiger charge is -2.14. The van der Waals surface area contributed by atoms with Crippen molar-refractivity contribution in [3.63, 3.8) is 0 Å². The van der Waals surface area contributed by atoms with E-state index < -0.39 is 9.05 Å². The first-order valence-corrected chi connectivity index (χ1v) is 8.33. The van der Waals surface area contributed by atoms with Crippen LogP contribution in [0.3, 0.4) is 0 Å². The molecule has 1 aromatic carbocycles. The zero-order valence-electron chi connectivity index (χ0n) is 11.6. The SMILES string of the molecule is Cc1c(OCCOC(C)C)ccc(S(=O)(=O)Cl)c1C. The maximum atomic E-state index is 11.4. The second-order valence-electron chi connectivity index (χ2n) is 4.52. The van der Waals surface area contributed by atoms with E-state index in [1.54, 1.807) is 19.9 Å². The molecule has 0 aliphatic rings. The normalized spacial score (nSPS) is 11.9. The highest BCUT2D eigenvalue weighted by Gasteiger charge is 2.16. The summed E-state index contributed by atoms with van der Waals surface area (Å²) in [6.45, 7) is 8.34. The molecule has 0 aromatic heterocycles. The third-order valence-electron chi connectivity index (χ3n) is 2.74. The van der Waals surface area contributed by atoms with Gasteiger partial charge in [0.1, 0.15) is 12.4 Å². The molecule has 0 radical (unpaired) electrons. The van der Waals surface area contributed by atoms with Crippen LogP contribution in [0.5, 0.6) is 5.75 Å². The maximum absolute atomic E-state index is 11.4. The van der Waals surface area contributed by atoms with Gasteiger partial charge in [-0.3, -0.25) is 0 Å². The van der Waals surface area contributed by atoms with Gasteiger partial charge in [0.2, 0.25) is 0 Å². The molecule has 0 N–H and O–H groups in total. The first-order valence-electron chi connectivity index (χ1n) is 6.02. The van der Waals surface area contributed by atoms with Gasteiger partial charge in [-0.15, -0.1) is 0 Å². The van der Waals surface area contributed by atoms with Crippen molar-refractivity contribution in [2.24, 2.45) is 0 Å². The summed E-state index contributed by atoms with van der Waals surface area (Å²) in [7, 11) is 1.64. The molecule has 4 nitrogen and oxygen atoms in total. The monoisotopic (exact) mass is 306 g/mol. The molecule has 0 atom stereocenters. The summed E-state index contributed by atoms with van der Waals surface area (Å²) < 4.78 is 33.7. The molecule has 108 valence electrons. The lowest BCUT2D eigenvalue weighted by atomic mass is 10.1. The molecule has 19 heavy (non-hydrogen) atoms. The highest BCUT2D eigenvalue weighted by molar-refractivity contribution is 8.13. The minimum absolute atomic E-state index is 0.123. The van der Waals surface area contributed by atoms with Gasteiger partial charge in [-0.2, -0.15) is 0 Å². The van der Waals surface area contributed by atoms with Gasteiger partial charge in [0.15, 0.2) is 0 Å². The summed E-state index contributed by atoms with van der Waals surface area (Å²) in [6.07, 6.45) is 0.162. The van der Waals surface area contributed by atoms with Gasteiger partial charge in [0.25, 0.3) is 9.05 Å². The van der Waals surface area contributed by atoms with E-state index in [0.717, 1.165) is 5.56 Å². The van der Waals surface area contributed by atoms with Gasteiger partial charge in [0, 0.05) is 10.7 Å². The Morgan fingerprint density at radius 1 is 1.16 bits per heavy atom. The van der Waals surface area contributed by atoms with Crippen LogP contribution < -0.4 is 4.74 Å². The zero-order valence-corrected chi connectivity index (χ0v) is 13.1. The highest BCUT2D eigenvalue weighted by atomic mass is 35.7. The molecule has 0 saturated carbocycles. The standard InChI is InChI=1S/C13H19ClO4S/c1-9(2)17-7-8-18-12-5-6-13(19(14,15)16)11(4)10(12)3/h5-6,9H,7-8H2,1-4H3. The largest absolute Gasteiger partial charge is 0.491 e. The van der Waals surface area contributed by atoms with Gasteiger partial charge in [-0.1, -0.05) is 0 Å². The van der Waals surface area contributed by atoms with Crippen molar-refractivity contribution < 1.29 is 17.9 Å². The van der Waals surface area contributed by atoms with E-state index in [1.807, 2.05) is 13.8 Å². The van der Waals surface area contributed by atoms with E-state index in [-0.39, 0.29) is 11.0 Å². The zero-order chi connectivity index (χ0) is 14.6. The topological polar surface area (TPSA) is 52.6 Å². The number of hydrogen-bond donors (Lipinski definition) is 0. The molecular weight excluding hydrogens is 288 g/mol. The van der Waals surface area contributed by atoms with Gasteiger partial charge in [0.05, 0.1) is 17.6 Å². The molecule has 1 rings (SSSR count). The predicted octanol–water partition coefficient (Wildman–Crippen LogP) is 3.03. The molecule has 0 aliphatic carbocycles. The van der Waals surface area contributed by atoms with E-state index >= 15 is 0 Å². The minimum atomic E-state index is -3.72. The summed E-state index contributed by atoms with van der Waals surface area (Å²) in [5.74, 6) is 0.647. The van der Waals surface area contributed by atoms with Gasteiger partial charge in [-0.25, -0.2) is 8.42 Å². The fraction of sp³-hybridized carbons (Fsp3) is 0.538. The number of halogens is 1. The minimum Gasteiger partial charge on any atom is -0.491 e. The molecule has 6 heteroatoms. The molecule has 0 aliphatic heterocycles. The second kappa shape index (κ2) is 6.59. The fourth-order valence-corrected chi connectivity index (χ4v) is 2.88. The number of ether oxygens (including phenoxy) is 2. The van der Waals surface area contributed by atoms with E-state index in [4.69, 9.17) is 20.2 Å².